The molecule has 1 heterocycles. The third-order valence-corrected chi connectivity index (χ3v) is 6.18. The van der Waals surface area contributed by atoms with E-state index in [1.165, 1.54) is 4.68 Å². The third kappa shape index (κ3) is 4.93. The van der Waals surface area contributed by atoms with E-state index in [0.29, 0.717) is 27.9 Å². The highest BCUT2D eigenvalue weighted by atomic mass is 16.1. The van der Waals surface area contributed by atoms with E-state index < -0.39 is 0 Å². The number of carbonyl (C=O) groups excluding carboxylic acids is 3. The van der Waals surface area contributed by atoms with Crippen LogP contribution in [0.3, 0.4) is 0 Å². The number of rotatable bonds is 8. The molecule has 4 aromatic carbocycles. The van der Waals surface area contributed by atoms with Crippen molar-refractivity contribution in [2.24, 2.45) is 0 Å². The minimum absolute atomic E-state index is 0.0254. The topological polar surface area (TPSA) is 69.0 Å². The minimum atomic E-state index is -0.373. The molecule has 0 aliphatic heterocycles. The van der Waals surface area contributed by atoms with Crippen LogP contribution in [0.5, 0.6) is 0 Å². The van der Waals surface area contributed by atoms with Gasteiger partial charge in [-0.25, -0.2) is 0 Å². The lowest BCUT2D eigenvalue weighted by atomic mass is 9.94. The molecule has 5 nitrogen and oxygen atoms in total. The number of hydrogen-bond donors (Lipinski definition) is 0. The van der Waals surface area contributed by atoms with Crippen LogP contribution in [0.15, 0.2) is 115 Å². The molecule has 180 valence electrons. The van der Waals surface area contributed by atoms with Crippen LogP contribution in [-0.2, 0) is 6.54 Å². The zero-order valence-corrected chi connectivity index (χ0v) is 20.3. The van der Waals surface area contributed by atoms with Gasteiger partial charge in [-0.2, -0.15) is 5.10 Å². The Morgan fingerprint density at radius 2 is 1.14 bits per heavy atom. The smallest absolute Gasteiger partial charge is 0.214 e. The van der Waals surface area contributed by atoms with Crippen LogP contribution in [0, 0.1) is 6.92 Å². The Morgan fingerprint density at radius 3 is 1.73 bits per heavy atom. The normalized spacial score (nSPS) is 10.7. The molecule has 5 heteroatoms. The molecule has 0 saturated heterocycles. The molecule has 0 aliphatic rings. The van der Waals surface area contributed by atoms with Gasteiger partial charge in [-0.3, -0.25) is 19.1 Å². The number of hydrogen-bond acceptors (Lipinski definition) is 4. The van der Waals surface area contributed by atoms with Gasteiger partial charge >= 0.3 is 0 Å². The molecule has 0 N–H and O–H groups in total. The number of Topliss-reactive ketones (excluding diaryl/α,β-unsaturated/α-hetero) is 1. The zero-order valence-electron chi connectivity index (χ0n) is 20.3. The summed E-state index contributed by atoms with van der Waals surface area (Å²) in [5.41, 5.74) is 3.74. The molecule has 0 fully saturated rings. The predicted octanol–water partition coefficient (Wildman–Crippen LogP) is 6.20. The predicted molar refractivity (Wildman–Crippen MR) is 143 cm³/mol. The van der Waals surface area contributed by atoms with Crippen molar-refractivity contribution >= 4 is 17.3 Å². The summed E-state index contributed by atoms with van der Waals surface area (Å²) in [6, 6.07) is 34.1. The lowest BCUT2D eigenvalue weighted by Crippen LogP contribution is -2.14. The SMILES string of the molecule is Cc1ccc(C(=O)c2nn(CC(=O)c3ccccc3)c(-c3ccccc3)c2C(=O)c2ccccc2)cc1. The Balaban J connectivity index is 1.73. The summed E-state index contributed by atoms with van der Waals surface area (Å²) in [5, 5.41) is 4.62. The van der Waals surface area contributed by atoms with Crippen molar-refractivity contribution in [3.63, 3.8) is 0 Å². The molecule has 0 radical (unpaired) electrons. The first-order chi connectivity index (χ1) is 18.0. The van der Waals surface area contributed by atoms with Gasteiger partial charge in [0.1, 0.15) is 12.2 Å². The second-order valence-corrected chi connectivity index (χ2v) is 8.78. The van der Waals surface area contributed by atoms with Crippen molar-refractivity contribution < 1.29 is 14.4 Å². The van der Waals surface area contributed by atoms with Gasteiger partial charge in [0.15, 0.2) is 11.6 Å². The maximum absolute atomic E-state index is 13.9. The quantitative estimate of drug-likeness (QED) is 0.246. The first kappa shape index (κ1) is 23.8. The van der Waals surface area contributed by atoms with E-state index in [0.717, 1.165) is 5.56 Å². The van der Waals surface area contributed by atoms with Crippen molar-refractivity contribution in [2.45, 2.75) is 13.5 Å². The molecule has 0 unspecified atom stereocenters. The van der Waals surface area contributed by atoms with Gasteiger partial charge in [-0.05, 0) is 6.92 Å². The molecule has 0 saturated carbocycles. The van der Waals surface area contributed by atoms with Crippen molar-refractivity contribution in [1.82, 2.24) is 9.78 Å². The van der Waals surface area contributed by atoms with Gasteiger partial charge in [-0.15, -0.1) is 0 Å². The fraction of sp³-hybridized carbons (Fsp3) is 0.0625. The van der Waals surface area contributed by atoms with Crippen molar-refractivity contribution in [3.8, 4) is 11.3 Å². The van der Waals surface area contributed by atoms with Crippen LogP contribution >= 0.6 is 0 Å². The van der Waals surface area contributed by atoms with E-state index in [1.807, 2.05) is 61.5 Å². The van der Waals surface area contributed by atoms with Crippen LogP contribution in [0.2, 0.25) is 0 Å². The summed E-state index contributed by atoms with van der Waals surface area (Å²) in [4.78, 5) is 40.9. The molecule has 5 rings (SSSR count). The standard InChI is InChI=1S/C32H24N2O3/c1-22-17-19-26(20-18-22)32(37)29-28(31(36)25-15-9-4-10-16-25)30(24-13-7-3-8-14-24)34(33-29)21-27(35)23-11-5-2-6-12-23/h2-20H,21H2,1H3. The minimum Gasteiger partial charge on any atom is -0.292 e. The molecular formula is C32H24N2O3. The second kappa shape index (κ2) is 10.4. The fourth-order valence-corrected chi connectivity index (χ4v) is 4.27. The highest BCUT2D eigenvalue weighted by Gasteiger charge is 2.30. The molecule has 1 aromatic heterocycles. The molecule has 5 aromatic rings. The average Bonchev–Trinajstić information content (AvgIpc) is 3.33. The molecule has 0 amide bonds. The van der Waals surface area contributed by atoms with Crippen LogP contribution in [-0.4, -0.2) is 27.1 Å². The largest absolute Gasteiger partial charge is 0.292 e. The zero-order chi connectivity index (χ0) is 25.8. The van der Waals surface area contributed by atoms with Crippen LogP contribution < -0.4 is 0 Å². The van der Waals surface area contributed by atoms with Crippen LogP contribution in [0.25, 0.3) is 11.3 Å². The van der Waals surface area contributed by atoms with Gasteiger partial charge in [0.05, 0.1) is 11.3 Å². The van der Waals surface area contributed by atoms with Gasteiger partial charge in [-0.1, -0.05) is 121 Å². The first-order valence-electron chi connectivity index (χ1n) is 12.0. The highest BCUT2D eigenvalue weighted by Crippen LogP contribution is 2.31. The van der Waals surface area contributed by atoms with E-state index in [9.17, 15) is 14.4 Å². The average molecular weight is 485 g/mol. The van der Waals surface area contributed by atoms with E-state index in [1.54, 1.807) is 60.7 Å². The summed E-state index contributed by atoms with van der Waals surface area (Å²) in [6.07, 6.45) is 0. The number of benzene rings is 4. The summed E-state index contributed by atoms with van der Waals surface area (Å²) >= 11 is 0. The number of aryl methyl sites for hydroxylation is 1. The number of carbonyl (C=O) groups is 3. The Kier molecular flexibility index (Phi) is 6.68. The van der Waals surface area contributed by atoms with E-state index in [-0.39, 0.29) is 35.2 Å². The number of aromatic nitrogens is 2. The van der Waals surface area contributed by atoms with Crippen LogP contribution in [0.1, 0.15) is 47.9 Å². The molecule has 0 atom stereocenters. The number of ketones is 3. The van der Waals surface area contributed by atoms with Gasteiger partial charge in [0, 0.05) is 22.3 Å². The van der Waals surface area contributed by atoms with Crippen molar-refractivity contribution in [3.05, 3.63) is 149 Å². The van der Waals surface area contributed by atoms with E-state index in [2.05, 4.69) is 5.10 Å². The summed E-state index contributed by atoms with van der Waals surface area (Å²) in [5.74, 6) is -0.871. The Bertz CT molecular complexity index is 1570. The molecule has 0 bridgehead atoms. The Hall–Kier alpha value is -4.90. The lowest BCUT2D eigenvalue weighted by molar-refractivity contribution is 0.0963. The van der Waals surface area contributed by atoms with E-state index in [4.69, 9.17) is 0 Å². The molecule has 0 aliphatic carbocycles. The summed E-state index contributed by atoms with van der Waals surface area (Å²) < 4.78 is 1.49. The number of nitrogens with zero attached hydrogens (tertiary/aromatic N) is 2. The summed E-state index contributed by atoms with van der Waals surface area (Å²) in [6.45, 7) is 1.82. The molecule has 0 spiro atoms. The van der Waals surface area contributed by atoms with E-state index >= 15 is 0 Å². The first-order valence-corrected chi connectivity index (χ1v) is 12.0. The third-order valence-electron chi connectivity index (χ3n) is 6.18. The molecular weight excluding hydrogens is 460 g/mol. The van der Waals surface area contributed by atoms with Gasteiger partial charge in [0.2, 0.25) is 5.78 Å². The molecule has 37 heavy (non-hydrogen) atoms. The van der Waals surface area contributed by atoms with Gasteiger partial charge < -0.3 is 0 Å². The maximum atomic E-state index is 13.9. The van der Waals surface area contributed by atoms with Gasteiger partial charge in [0.25, 0.3) is 0 Å². The fourth-order valence-electron chi connectivity index (χ4n) is 4.27. The highest BCUT2D eigenvalue weighted by molar-refractivity contribution is 6.21. The maximum Gasteiger partial charge on any atom is 0.214 e. The second-order valence-electron chi connectivity index (χ2n) is 8.78. The monoisotopic (exact) mass is 484 g/mol. The summed E-state index contributed by atoms with van der Waals surface area (Å²) in [7, 11) is 0. The Labute approximate surface area is 215 Å². The van der Waals surface area contributed by atoms with Crippen molar-refractivity contribution in [2.75, 3.05) is 0 Å². The Morgan fingerprint density at radius 1 is 0.622 bits per heavy atom. The van der Waals surface area contributed by atoms with Crippen LogP contribution in [0.4, 0.5) is 0 Å². The lowest BCUT2D eigenvalue weighted by Gasteiger charge is -2.10. The van der Waals surface area contributed by atoms with Crippen molar-refractivity contribution in [1.29, 1.82) is 0 Å².